The van der Waals surface area contributed by atoms with Crippen LogP contribution in [0, 0.1) is 11.6 Å². The molecule has 0 spiro atoms. The van der Waals surface area contributed by atoms with E-state index >= 15 is 0 Å². The van der Waals surface area contributed by atoms with Gasteiger partial charge in [0.05, 0.1) is 12.2 Å². The molecule has 0 saturated carbocycles. The van der Waals surface area contributed by atoms with E-state index in [0.29, 0.717) is 32.1 Å². The molecule has 1 fully saturated rings. The minimum atomic E-state index is -0.452. The average molecular weight is 325 g/mol. The van der Waals surface area contributed by atoms with Crippen LogP contribution in [-0.2, 0) is 4.79 Å². The number of carbonyl (C=O) groups excluding carboxylic acids is 1. The molecule has 23 heavy (non-hydrogen) atoms. The summed E-state index contributed by atoms with van der Waals surface area (Å²) in [5.41, 5.74) is 0.276. The summed E-state index contributed by atoms with van der Waals surface area (Å²) in [6.07, 6.45) is 0. The van der Waals surface area contributed by atoms with E-state index in [1.165, 1.54) is 6.07 Å². The van der Waals surface area contributed by atoms with E-state index in [9.17, 15) is 13.6 Å². The Hall–Kier alpha value is -2.38. The molecule has 1 saturated heterocycles. The lowest BCUT2D eigenvalue weighted by atomic mass is 10.2. The van der Waals surface area contributed by atoms with Gasteiger partial charge >= 0.3 is 0 Å². The van der Waals surface area contributed by atoms with Crippen LogP contribution in [0.15, 0.2) is 23.2 Å². The molecule has 0 aliphatic carbocycles. The summed E-state index contributed by atoms with van der Waals surface area (Å²) in [7, 11) is 3.21. The molecule has 1 aromatic rings. The lowest BCUT2D eigenvalue weighted by Gasteiger charge is -2.37. The number of benzene rings is 1. The number of rotatable bonds is 3. The molecule has 8 heteroatoms. The Labute approximate surface area is 134 Å². The summed E-state index contributed by atoms with van der Waals surface area (Å²) in [4.78, 5) is 19.2. The number of piperazine rings is 1. The van der Waals surface area contributed by atoms with Crippen molar-refractivity contribution in [3.05, 3.63) is 29.8 Å². The van der Waals surface area contributed by atoms with Crippen LogP contribution >= 0.6 is 0 Å². The second-order valence-electron chi connectivity index (χ2n) is 5.14. The number of carbonyl (C=O) groups is 1. The summed E-state index contributed by atoms with van der Waals surface area (Å²) in [6, 6.07) is 3.46. The van der Waals surface area contributed by atoms with Crippen LogP contribution in [0.1, 0.15) is 0 Å². The van der Waals surface area contributed by atoms with Gasteiger partial charge in [-0.15, -0.1) is 0 Å². The van der Waals surface area contributed by atoms with E-state index in [1.54, 1.807) is 19.0 Å². The molecule has 126 valence electrons. The fourth-order valence-corrected chi connectivity index (χ4v) is 2.47. The molecule has 0 radical (unpaired) electrons. The first kappa shape index (κ1) is 17.0. The maximum atomic E-state index is 13.8. The van der Waals surface area contributed by atoms with Gasteiger partial charge in [-0.3, -0.25) is 9.79 Å². The predicted octanol–water partition coefficient (Wildman–Crippen LogP) is 0.408. The lowest BCUT2D eigenvalue weighted by Crippen LogP contribution is -2.53. The van der Waals surface area contributed by atoms with Crippen molar-refractivity contribution in [3.8, 4) is 0 Å². The van der Waals surface area contributed by atoms with Crippen molar-refractivity contribution < 1.29 is 13.6 Å². The fourth-order valence-electron chi connectivity index (χ4n) is 2.47. The van der Waals surface area contributed by atoms with Gasteiger partial charge in [-0.2, -0.15) is 0 Å². The second-order valence-corrected chi connectivity index (χ2v) is 5.14. The molecule has 1 aliphatic heterocycles. The molecule has 6 nitrogen and oxygen atoms in total. The smallest absolute Gasteiger partial charge is 0.239 e. The van der Waals surface area contributed by atoms with Gasteiger partial charge in [0, 0.05) is 46.3 Å². The van der Waals surface area contributed by atoms with Crippen LogP contribution < -0.4 is 15.5 Å². The maximum absolute atomic E-state index is 13.8. The zero-order valence-electron chi connectivity index (χ0n) is 13.3. The van der Waals surface area contributed by atoms with Gasteiger partial charge in [0.1, 0.15) is 11.6 Å². The second kappa shape index (κ2) is 7.75. The summed E-state index contributed by atoms with van der Waals surface area (Å²) in [5, 5.41) is 5.50. The first-order chi connectivity index (χ1) is 11.0. The van der Waals surface area contributed by atoms with E-state index in [-0.39, 0.29) is 18.1 Å². The molecule has 1 aliphatic rings. The van der Waals surface area contributed by atoms with E-state index in [0.717, 1.165) is 12.1 Å². The monoisotopic (exact) mass is 325 g/mol. The summed E-state index contributed by atoms with van der Waals surface area (Å²) in [5.74, 6) is -0.395. The van der Waals surface area contributed by atoms with E-state index in [2.05, 4.69) is 15.6 Å². The summed E-state index contributed by atoms with van der Waals surface area (Å²) in [6.45, 7) is 2.43. The Bertz CT molecular complexity index is 585. The third-order valence-corrected chi connectivity index (χ3v) is 3.73. The van der Waals surface area contributed by atoms with Crippen LogP contribution in [0.25, 0.3) is 0 Å². The van der Waals surface area contributed by atoms with Crippen molar-refractivity contribution in [2.24, 2.45) is 4.99 Å². The maximum Gasteiger partial charge on any atom is 0.239 e. The minimum absolute atomic E-state index is 0.133. The molecule has 0 bridgehead atoms. The summed E-state index contributed by atoms with van der Waals surface area (Å²) < 4.78 is 27.1. The lowest BCUT2D eigenvalue weighted by molar-refractivity contribution is -0.119. The Morgan fingerprint density at radius 3 is 2.57 bits per heavy atom. The van der Waals surface area contributed by atoms with Crippen molar-refractivity contribution in [2.45, 2.75) is 0 Å². The predicted molar refractivity (Wildman–Crippen MR) is 85.6 cm³/mol. The van der Waals surface area contributed by atoms with Gasteiger partial charge in [0.15, 0.2) is 5.96 Å². The van der Waals surface area contributed by atoms with Crippen molar-refractivity contribution in [1.82, 2.24) is 15.5 Å². The first-order valence-corrected chi connectivity index (χ1v) is 7.41. The number of amides is 1. The van der Waals surface area contributed by atoms with E-state index in [4.69, 9.17) is 0 Å². The number of nitrogens with zero attached hydrogens (tertiary/aromatic N) is 3. The number of hydrogen-bond donors (Lipinski definition) is 2. The third-order valence-electron chi connectivity index (χ3n) is 3.73. The van der Waals surface area contributed by atoms with Crippen molar-refractivity contribution in [1.29, 1.82) is 0 Å². The van der Waals surface area contributed by atoms with Gasteiger partial charge < -0.3 is 20.4 Å². The molecule has 2 N–H and O–H groups in total. The van der Waals surface area contributed by atoms with Crippen LogP contribution in [-0.4, -0.2) is 63.6 Å². The minimum Gasteiger partial charge on any atom is -0.366 e. The Morgan fingerprint density at radius 2 is 1.96 bits per heavy atom. The van der Waals surface area contributed by atoms with E-state index in [1.807, 2.05) is 4.90 Å². The van der Waals surface area contributed by atoms with Crippen molar-refractivity contribution in [2.75, 3.05) is 51.7 Å². The number of halogens is 2. The molecule has 1 amide bonds. The summed E-state index contributed by atoms with van der Waals surface area (Å²) >= 11 is 0. The van der Waals surface area contributed by atoms with Crippen molar-refractivity contribution in [3.63, 3.8) is 0 Å². The molecule has 0 atom stereocenters. The van der Waals surface area contributed by atoms with Crippen LogP contribution in [0.4, 0.5) is 14.5 Å². The van der Waals surface area contributed by atoms with Gasteiger partial charge in [-0.25, -0.2) is 8.78 Å². The van der Waals surface area contributed by atoms with Crippen LogP contribution in [0.2, 0.25) is 0 Å². The number of likely N-dealkylation sites (N-methyl/N-ethyl adjacent to an activating group) is 1. The number of aliphatic imine (C=N–C) groups is 1. The highest BCUT2D eigenvalue weighted by molar-refractivity contribution is 5.86. The molecule has 2 rings (SSSR count). The highest BCUT2D eigenvalue weighted by Crippen LogP contribution is 2.21. The number of anilines is 1. The quantitative estimate of drug-likeness (QED) is 0.624. The van der Waals surface area contributed by atoms with Crippen molar-refractivity contribution >= 4 is 17.6 Å². The molecule has 0 aromatic heterocycles. The molecule has 0 unspecified atom stereocenters. The van der Waals surface area contributed by atoms with Crippen LogP contribution in [0.5, 0.6) is 0 Å². The topological polar surface area (TPSA) is 60.0 Å². The fraction of sp³-hybridized carbons (Fsp3) is 0.467. The number of guanidine groups is 1. The van der Waals surface area contributed by atoms with Gasteiger partial charge in [-0.05, 0) is 12.1 Å². The average Bonchev–Trinajstić information content (AvgIpc) is 2.58. The normalized spacial score (nSPS) is 15.6. The Balaban J connectivity index is 1.94. The van der Waals surface area contributed by atoms with E-state index < -0.39 is 11.6 Å². The van der Waals surface area contributed by atoms with Gasteiger partial charge in [-0.1, -0.05) is 0 Å². The molecular weight excluding hydrogens is 304 g/mol. The largest absolute Gasteiger partial charge is 0.366 e. The van der Waals surface area contributed by atoms with Crippen LogP contribution in [0.3, 0.4) is 0 Å². The Kier molecular flexibility index (Phi) is 5.72. The molecule has 1 aromatic carbocycles. The number of hydrogen-bond acceptors (Lipinski definition) is 3. The highest BCUT2D eigenvalue weighted by atomic mass is 19.1. The number of nitrogens with one attached hydrogen (secondary N) is 2. The van der Waals surface area contributed by atoms with Gasteiger partial charge in [0.2, 0.25) is 5.91 Å². The highest BCUT2D eigenvalue weighted by Gasteiger charge is 2.22. The molecular formula is C15H21F2N5O. The SMILES string of the molecule is CN=C(NCC(=O)NC)N1CCN(c2cc(F)ccc2F)CC1. The standard InChI is InChI=1S/C15H21F2N5O/c1-18-14(23)10-20-15(19-2)22-7-5-21(6-8-22)13-9-11(16)3-4-12(13)17/h3-4,9H,5-8,10H2,1-2H3,(H,18,23)(H,19,20). The first-order valence-electron chi connectivity index (χ1n) is 7.41. The zero-order chi connectivity index (χ0) is 16.8. The zero-order valence-corrected chi connectivity index (χ0v) is 13.3. The Morgan fingerprint density at radius 1 is 1.26 bits per heavy atom. The molecule has 1 heterocycles. The van der Waals surface area contributed by atoms with Gasteiger partial charge in [0.25, 0.3) is 0 Å². The third kappa shape index (κ3) is 4.30.